The molecule has 18 heavy (non-hydrogen) atoms. The highest BCUT2D eigenvalue weighted by Gasteiger charge is 2.36. The molecule has 0 aromatic heterocycles. The first-order valence-electron chi connectivity index (χ1n) is 7.32. The molecule has 0 bridgehead atoms. The van der Waals surface area contributed by atoms with E-state index in [0.717, 1.165) is 19.6 Å². The number of piperidine rings is 1. The second-order valence-corrected chi connectivity index (χ2v) is 5.94. The summed E-state index contributed by atoms with van der Waals surface area (Å²) in [5, 5.41) is 3.10. The van der Waals surface area contributed by atoms with Gasteiger partial charge in [-0.2, -0.15) is 0 Å². The molecule has 0 aromatic rings. The summed E-state index contributed by atoms with van der Waals surface area (Å²) >= 11 is 0. The fraction of sp³-hybridized carbons (Fsp3) is 0.929. The fourth-order valence-corrected chi connectivity index (χ4v) is 3.34. The monoisotopic (exact) mass is 253 g/mol. The zero-order valence-electron chi connectivity index (χ0n) is 12.0. The van der Waals surface area contributed by atoms with Crippen LogP contribution in [0.25, 0.3) is 0 Å². The van der Waals surface area contributed by atoms with Gasteiger partial charge in [0.1, 0.15) is 0 Å². The van der Waals surface area contributed by atoms with Gasteiger partial charge in [0.25, 0.3) is 0 Å². The Morgan fingerprint density at radius 3 is 2.89 bits per heavy atom. The standard InChI is InChI=1S/C14H27N3O/c1-11(8-15-3)14(18)17-10-13-6-4-5-7-16(13)9-12(17)2/h11-13,15H,4-10H2,1-3H3. The molecule has 1 N–H and O–H groups in total. The zero-order valence-corrected chi connectivity index (χ0v) is 12.0. The van der Waals surface area contributed by atoms with Gasteiger partial charge in [-0.15, -0.1) is 0 Å². The van der Waals surface area contributed by atoms with E-state index in [2.05, 4.69) is 22.0 Å². The molecule has 0 aromatic carbocycles. The smallest absolute Gasteiger partial charge is 0.227 e. The Hall–Kier alpha value is -0.610. The third-order valence-electron chi connectivity index (χ3n) is 4.40. The van der Waals surface area contributed by atoms with E-state index in [1.54, 1.807) is 0 Å². The van der Waals surface area contributed by atoms with Crippen LogP contribution in [0.3, 0.4) is 0 Å². The molecular formula is C14H27N3O. The molecule has 104 valence electrons. The largest absolute Gasteiger partial charge is 0.337 e. The number of nitrogens with one attached hydrogen (secondary N) is 1. The number of fused-ring (bicyclic) bond motifs is 1. The van der Waals surface area contributed by atoms with Gasteiger partial charge in [0, 0.05) is 37.6 Å². The van der Waals surface area contributed by atoms with Crippen LogP contribution in [-0.4, -0.2) is 61.0 Å². The van der Waals surface area contributed by atoms with Crippen molar-refractivity contribution >= 4 is 5.91 Å². The molecule has 3 atom stereocenters. The van der Waals surface area contributed by atoms with E-state index >= 15 is 0 Å². The van der Waals surface area contributed by atoms with Gasteiger partial charge >= 0.3 is 0 Å². The lowest BCUT2D eigenvalue weighted by Gasteiger charge is -2.48. The van der Waals surface area contributed by atoms with Gasteiger partial charge in [-0.3, -0.25) is 9.69 Å². The second kappa shape index (κ2) is 6.02. The lowest BCUT2D eigenvalue weighted by atomic mass is 9.96. The molecule has 4 heteroatoms. The maximum absolute atomic E-state index is 12.4. The molecule has 4 nitrogen and oxygen atoms in total. The van der Waals surface area contributed by atoms with Crippen molar-refractivity contribution in [1.29, 1.82) is 0 Å². The van der Waals surface area contributed by atoms with E-state index in [1.807, 2.05) is 14.0 Å². The number of carbonyl (C=O) groups excluding carboxylic acids is 1. The predicted molar refractivity (Wildman–Crippen MR) is 73.5 cm³/mol. The second-order valence-electron chi connectivity index (χ2n) is 5.94. The number of hydrogen-bond acceptors (Lipinski definition) is 3. The molecule has 3 unspecified atom stereocenters. The van der Waals surface area contributed by atoms with Crippen molar-refractivity contribution in [2.24, 2.45) is 5.92 Å². The van der Waals surface area contributed by atoms with Crippen molar-refractivity contribution in [3.05, 3.63) is 0 Å². The van der Waals surface area contributed by atoms with Crippen molar-refractivity contribution < 1.29 is 4.79 Å². The van der Waals surface area contributed by atoms with Crippen LogP contribution < -0.4 is 5.32 Å². The summed E-state index contributed by atoms with van der Waals surface area (Å²) in [5.41, 5.74) is 0. The highest BCUT2D eigenvalue weighted by molar-refractivity contribution is 5.79. The average molecular weight is 253 g/mol. The Labute approximate surface area is 111 Å². The van der Waals surface area contributed by atoms with Gasteiger partial charge in [0.15, 0.2) is 0 Å². The lowest BCUT2D eigenvalue weighted by Crippen LogP contribution is -2.61. The highest BCUT2D eigenvalue weighted by Crippen LogP contribution is 2.24. The van der Waals surface area contributed by atoms with E-state index in [0.29, 0.717) is 18.0 Å². The molecule has 0 saturated carbocycles. The van der Waals surface area contributed by atoms with Crippen molar-refractivity contribution in [2.45, 2.75) is 45.2 Å². The molecule has 2 rings (SSSR count). The topological polar surface area (TPSA) is 35.6 Å². The number of amides is 1. The summed E-state index contributed by atoms with van der Waals surface area (Å²) in [4.78, 5) is 17.1. The van der Waals surface area contributed by atoms with Gasteiger partial charge in [0.2, 0.25) is 5.91 Å². The summed E-state index contributed by atoms with van der Waals surface area (Å²) < 4.78 is 0. The first-order chi connectivity index (χ1) is 8.63. The number of nitrogens with zero attached hydrogens (tertiary/aromatic N) is 2. The van der Waals surface area contributed by atoms with Crippen LogP contribution in [0, 0.1) is 5.92 Å². The van der Waals surface area contributed by atoms with Crippen molar-refractivity contribution in [1.82, 2.24) is 15.1 Å². The Kier molecular flexibility index (Phi) is 4.62. The van der Waals surface area contributed by atoms with Crippen molar-refractivity contribution in [3.63, 3.8) is 0 Å². The molecule has 0 aliphatic carbocycles. The fourth-order valence-electron chi connectivity index (χ4n) is 3.34. The minimum atomic E-state index is 0.0904. The van der Waals surface area contributed by atoms with Crippen LogP contribution in [0.4, 0.5) is 0 Å². The first kappa shape index (κ1) is 13.8. The molecule has 0 radical (unpaired) electrons. The molecule has 2 fully saturated rings. The number of rotatable bonds is 3. The van der Waals surface area contributed by atoms with Gasteiger partial charge in [0.05, 0.1) is 0 Å². The van der Waals surface area contributed by atoms with Gasteiger partial charge in [-0.05, 0) is 33.4 Å². The SMILES string of the molecule is CNCC(C)C(=O)N1CC2CCCCN2CC1C. The summed E-state index contributed by atoms with van der Waals surface area (Å²) in [6.07, 6.45) is 3.91. The summed E-state index contributed by atoms with van der Waals surface area (Å²) in [7, 11) is 1.91. The molecule has 0 spiro atoms. The third-order valence-corrected chi connectivity index (χ3v) is 4.40. The van der Waals surface area contributed by atoms with Crippen molar-refractivity contribution in [3.8, 4) is 0 Å². The average Bonchev–Trinajstić information content (AvgIpc) is 2.37. The predicted octanol–water partition coefficient (Wildman–Crippen LogP) is 0.927. The normalized spacial score (nSPS) is 30.9. The molecule has 2 aliphatic rings. The molecule has 2 heterocycles. The first-order valence-corrected chi connectivity index (χ1v) is 7.32. The lowest BCUT2D eigenvalue weighted by molar-refractivity contribution is -0.141. The summed E-state index contributed by atoms with van der Waals surface area (Å²) in [6, 6.07) is 0.979. The molecule has 2 saturated heterocycles. The van der Waals surface area contributed by atoms with Crippen LogP contribution in [0.2, 0.25) is 0 Å². The van der Waals surface area contributed by atoms with E-state index in [4.69, 9.17) is 0 Å². The molecule has 1 amide bonds. The number of hydrogen-bond donors (Lipinski definition) is 1. The number of piperazine rings is 1. The van der Waals surface area contributed by atoms with Crippen LogP contribution in [0.5, 0.6) is 0 Å². The maximum Gasteiger partial charge on any atom is 0.227 e. The van der Waals surface area contributed by atoms with Crippen LogP contribution in [0.1, 0.15) is 33.1 Å². The summed E-state index contributed by atoms with van der Waals surface area (Å²) in [5.74, 6) is 0.412. The molecular weight excluding hydrogens is 226 g/mol. The minimum absolute atomic E-state index is 0.0904. The van der Waals surface area contributed by atoms with Crippen LogP contribution in [0.15, 0.2) is 0 Å². The minimum Gasteiger partial charge on any atom is -0.337 e. The van der Waals surface area contributed by atoms with E-state index < -0.39 is 0 Å². The Morgan fingerprint density at radius 2 is 2.17 bits per heavy atom. The van der Waals surface area contributed by atoms with E-state index in [1.165, 1.54) is 25.8 Å². The zero-order chi connectivity index (χ0) is 13.1. The molecule has 2 aliphatic heterocycles. The maximum atomic E-state index is 12.4. The Morgan fingerprint density at radius 1 is 1.39 bits per heavy atom. The Bertz CT molecular complexity index is 295. The number of carbonyl (C=O) groups is 1. The summed E-state index contributed by atoms with van der Waals surface area (Å²) in [6.45, 7) is 8.21. The van der Waals surface area contributed by atoms with Gasteiger partial charge < -0.3 is 10.2 Å². The van der Waals surface area contributed by atoms with Crippen LogP contribution in [-0.2, 0) is 4.79 Å². The van der Waals surface area contributed by atoms with Crippen LogP contribution >= 0.6 is 0 Å². The van der Waals surface area contributed by atoms with Gasteiger partial charge in [-0.25, -0.2) is 0 Å². The van der Waals surface area contributed by atoms with E-state index in [-0.39, 0.29) is 5.92 Å². The quantitative estimate of drug-likeness (QED) is 0.812. The van der Waals surface area contributed by atoms with Crippen molar-refractivity contribution in [2.75, 3.05) is 33.2 Å². The van der Waals surface area contributed by atoms with Gasteiger partial charge in [-0.1, -0.05) is 13.3 Å². The Balaban J connectivity index is 1.98. The highest BCUT2D eigenvalue weighted by atomic mass is 16.2. The third kappa shape index (κ3) is 2.86. The van der Waals surface area contributed by atoms with E-state index in [9.17, 15) is 4.79 Å².